The van der Waals surface area contributed by atoms with E-state index in [-0.39, 0.29) is 23.8 Å². The highest BCUT2D eigenvalue weighted by Crippen LogP contribution is 2.38. The van der Waals surface area contributed by atoms with Gasteiger partial charge in [0, 0.05) is 39.0 Å². The van der Waals surface area contributed by atoms with Crippen LogP contribution in [0.2, 0.25) is 0 Å². The largest absolute Gasteiger partial charge is 0.393 e. The molecule has 0 saturated heterocycles. The van der Waals surface area contributed by atoms with Gasteiger partial charge in [-0.1, -0.05) is 0 Å². The molecule has 134 valence electrons. The second kappa shape index (κ2) is 6.32. The average Bonchev–Trinajstić information content (AvgIpc) is 2.97. The molecule has 25 heavy (non-hydrogen) atoms. The fourth-order valence-corrected chi connectivity index (χ4v) is 3.14. The first kappa shape index (κ1) is 17.2. The van der Waals surface area contributed by atoms with Gasteiger partial charge in [0.2, 0.25) is 0 Å². The zero-order valence-corrected chi connectivity index (χ0v) is 14.3. The van der Waals surface area contributed by atoms with Crippen molar-refractivity contribution in [3.8, 4) is 0 Å². The number of hydrogen-bond donors (Lipinski definition) is 2. The van der Waals surface area contributed by atoms with E-state index in [0.29, 0.717) is 12.8 Å². The Balaban J connectivity index is 1.91. The van der Waals surface area contributed by atoms with Crippen molar-refractivity contribution >= 4 is 5.91 Å². The van der Waals surface area contributed by atoms with Crippen LogP contribution in [0.4, 0.5) is 0 Å². The normalized spacial score (nSPS) is 20.8. The number of aliphatic hydroxyl groups excluding tert-OH is 1. The molecule has 2 heterocycles. The second-order valence-electron chi connectivity index (χ2n) is 6.55. The molecular formula is C16H21N5O4. The maximum Gasteiger partial charge on any atom is 0.331 e. The number of rotatable bonds is 4. The molecule has 1 aliphatic rings. The zero-order chi connectivity index (χ0) is 18.3. The van der Waals surface area contributed by atoms with E-state index >= 15 is 0 Å². The predicted octanol–water partition coefficient (Wildman–Crippen LogP) is -0.940. The fraction of sp³-hybridized carbons (Fsp3) is 0.500. The number of hydrogen-bond acceptors (Lipinski definition) is 5. The minimum Gasteiger partial charge on any atom is -0.393 e. The molecule has 1 atom stereocenters. The van der Waals surface area contributed by atoms with Crippen molar-refractivity contribution in [2.75, 3.05) is 0 Å². The zero-order valence-electron chi connectivity index (χ0n) is 14.3. The van der Waals surface area contributed by atoms with Gasteiger partial charge in [-0.3, -0.25) is 23.4 Å². The van der Waals surface area contributed by atoms with Crippen LogP contribution in [0, 0.1) is 5.92 Å². The van der Waals surface area contributed by atoms with Gasteiger partial charge in [0.25, 0.3) is 11.5 Å². The third kappa shape index (κ3) is 3.14. The number of nitrogens with zero attached hydrogens (tertiary/aromatic N) is 4. The van der Waals surface area contributed by atoms with Crippen LogP contribution in [0.1, 0.15) is 34.9 Å². The van der Waals surface area contributed by atoms with Crippen LogP contribution in [0.25, 0.3) is 0 Å². The van der Waals surface area contributed by atoms with Gasteiger partial charge >= 0.3 is 5.69 Å². The summed E-state index contributed by atoms with van der Waals surface area (Å²) in [6, 6.07) is 0.802. The number of amides is 1. The Bertz CT molecular complexity index is 919. The van der Waals surface area contributed by atoms with E-state index < -0.39 is 17.2 Å². The monoisotopic (exact) mass is 347 g/mol. The van der Waals surface area contributed by atoms with Gasteiger partial charge in [0.15, 0.2) is 0 Å². The summed E-state index contributed by atoms with van der Waals surface area (Å²) in [6.07, 6.45) is 4.26. The molecule has 1 fully saturated rings. The number of aliphatic hydroxyl groups is 1. The maximum atomic E-state index is 12.7. The lowest BCUT2D eigenvalue weighted by Crippen LogP contribution is -2.44. The molecule has 2 aromatic rings. The molecule has 0 aromatic carbocycles. The van der Waals surface area contributed by atoms with Gasteiger partial charge in [-0.25, -0.2) is 4.79 Å². The SMILES string of the molecule is Cn1cc(C(NC(=O)c2cc(=O)n(C)c(=O)n2C)C2CC(O)C2)cn1. The van der Waals surface area contributed by atoms with E-state index in [1.807, 2.05) is 0 Å². The molecule has 1 aliphatic carbocycles. The highest BCUT2D eigenvalue weighted by atomic mass is 16.3. The molecule has 1 saturated carbocycles. The summed E-state index contributed by atoms with van der Waals surface area (Å²) in [7, 11) is 4.59. The van der Waals surface area contributed by atoms with Crippen LogP contribution in [0.15, 0.2) is 28.0 Å². The molecule has 0 aliphatic heterocycles. The fourth-order valence-electron chi connectivity index (χ4n) is 3.14. The summed E-state index contributed by atoms with van der Waals surface area (Å²) in [4.78, 5) is 36.6. The van der Waals surface area contributed by atoms with Gasteiger partial charge in [-0.2, -0.15) is 5.10 Å². The first-order chi connectivity index (χ1) is 11.8. The summed E-state index contributed by atoms with van der Waals surface area (Å²) in [6.45, 7) is 0. The third-order valence-corrected chi connectivity index (χ3v) is 4.75. The van der Waals surface area contributed by atoms with Crippen LogP contribution in [-0.4, -0.2) is 36.0 Å². The smallest absolute Gasteiger partial charge is 0.331 e. The average molecular weight is 347 g/mol. The Kier molecular flexibility index (Phi) is 4.34. The Morgan fingerprint density at radius 1 is 1.28 bits per heavy atom. The molecule has 3 rings (SSSR count). The molecular weight excluding hydrogens is 326 g/mol. The molecule has 2 N–H and O–H groups in total. The van der Waals surface area contributed by atoms with Crippen LogP contribution in [0.3, 0.4) is 0 Å². The summed E-state index contributed by atoms with van der Waals surface area (Å²) in [5, 5.41) is 16.6. The lowest BCUT2D eigenvalue weighted by Gasteiger charge is -2.37. The van der Waals surface area contributed by atoms with E-state index in [0.717, 1.165) is 20.8 Å². The van der Waals surface area contributed by atoms with Crippen molar-refractivity contribution in [1.29, 1.82) is 0 Å². The maximum absolute atomic E-state index is 12.7. The minimum atomic E-state index is -0.561. The van der Waals surface area contributed by atoms with Crippen molar-refractivity contribution in [1.82, 2.24) is 24.2 Å². The molecule has 2 aromatic heterocycles. The summed E-state index contributed by atoms with van der Waals surface area (Å²) >= 11 is 0. The van der Waals surface area contributed by atoms with Crippen LogP contribution in [-0.2, 0) is 21.1 Å². The molecule has 0 radical (unpaired) electrons. The number of nitrogens with one attached hydrogen (secondary N) is 1. The third-order valence-electron chi connectivity index (χ3n) is 4.75. The van der Waals surface area contributed by atoms with E-state index in [2.05, 4.69) is 10.4 Å². The van der Waals surface area contributed by atoms with Gasteiger partial charge in [0.05, 0.1) is 18.3 Å². The predicted molar refractivity (Wildman–Crippen MR) is 89.1 cm³/mol. The van der Waals surface area contributed by atoms with Crippen LogP contribution >= 0.6 is 0 Å². The number of aryl methyl sites for hydroxylation is 1. The molecule has 0 spiro atoms. The van der Waals surface area contributed by atoms with Crippen molar-refractivity contribution < 1.29 is 9.90 Å². The molecule has 9 heteroatoms. The second-order valence-corrected chi connectivity index (χ2v) is 6.55. The van der Waals surface area contributed by atoms with Gasteiger partial charge in [-0.05, 0) is 18.8 Å². The summed E-state index contributed by atoms with van der Waals surface area (Å²) < 4.78 is 3.72. The van der Waals surface area contributed by atoms with Crippen molar-refractivity contribution in [2.24, 2.45) is 27.1 Å². The number of aromatic nitrogens is 4. The van der Waals surface area contributed by atoms with E-state index in [9.17, 15) is 19.5 Å². The van der Waals surface area contributed by atoms with Crippen LogP contribution < -0.4 is 16.6 Å². The molecule has 1 amide bonds. The van der Waals surface area contributed by atoms with Crippen molar-refractivity contribution in [2.45, 2.75) is 25.0 Å². The Hall–Kier alpha value is -2.68. The molecule has 0 bridgehead atoms. The molecule has 1 unspecified atom stereocenters. The van der Waals surface area contributed by atoms with Crippen LogP contribution in [0.5, 0.6) is 0 Å². The van der Waals surface area contributed by atoms with E-state index in [1.165, 1.54) is 14.1 Å². The highest BCUT2D eigenvalue weighted by molar-refractivity contribution is 5.92. The minimum absolute atomic E-state index is 0.00172. The summed E-state index contributed by atoms with van der Waals surface area (Å²) in [5.41, 5.74) is -0.275. The topological polar surface area (TPSA) is 111 Å². The molecule has 9 nitrogen and oxygen atoms in total. The van der Waals surface area contributed by atoms with Gasteiger partial charge in [-0.15, -0.1) is 0 Å². The quantitative estimate of drug-likeness (QED) is 0.741. The van der Waals surface area contributed by atoms with Crippen molar-refractivity contribution in [3.05, 3.63) is 50.6 Å². The van der Waals surface area contributed by atoms with E-state index in [1.54, 1.807) is 24.1 Å². The lowest BCUT2D eigenvalue weighted by atomic mass is 9.75. The number of carbonyl (C=O) groups excluding carboxylic acids is 1. The lowest BCUT2D eigenvalue weighted by molar-refractivity contribution is 0.0234. The first-order valence-corrected chi connectivity index (χ1v) is 8.02. The van der Waals surface area contributed by atoms with Gasteiger partial charge < -0.3 is 10.4 Å². The Labute approximate surface area is 143 Å². The Morgan fingerprint density at radius 2 is 1.96 bits per heavy atom. The Morgan fingerprint density at radius 3 is 2.52 bits per heavy atom. The van der Waals surface area contributed by atoms with Gasteiger partial charge in [0.1, 0.15) is 5.69 Å². The highest BCUT2D eigenvalue weighted by Gasteiger charge is 2.36. The van der Waals surface area contributed by atoms with Crippen molar-refractivity contribution in [3.63, 3.8) is 0 Å². The standard InChI is InChI=1S/C16H21N5O4/c1-19-8-10(7-17-19)14(9-4-11(22)5-9)18-15(24)12-6-13(23)21(3)16(25)20(12)2/h6-9,11,14,22H,4-5H2,1-3H3,(H,18,24). The summed E-state index contributed by atoms with van der Waals surface area (Å²) in [5.74, 6) is -0.431. The first-order valence-electron chi connectivity index (χ1n) is 8.02. The number of carbonyl (C=O) groups is 1. The van der Waals surface area contributed by atoms with E-state index in [4.69, 9.17) is 0 Å².